The van der Waals surface area contributed by atoms with Gasteiger partial charge in [-0.05, 0) is 62.2 Å². The zero-order valence-electron chi connectivity index (χ0n) is 17.8. The second kappa shape index (κ2) is 10.1. The molecule has 3 rings (SSSR count). The van der Waals surface area contributed by atoms with Gasteiger partial charge in [0, 0.05) is 17.9 Å². The van der Waals surface area contributed by atoms with E-state index in [9.17, 15) is 13.2 Å². The molecule has 31 heavy (non-hydrogen) atoms. The molecule has 0 unspecified atom stereocenters. The topological polar surface area (TPSA) is 88.4 Å². The van der Waals surface area contributed by atoms with Crippen LogP contribution in [0.5, 0.6) is 0 Å². The van der Waals surface area contributed by atoms with Crippen LogP contribution < -0.4 is 10.0 Å². The molecule has 0 saturated heterocycles. The number of furan rings is 1. The number of aryl methyl sites for hydroxylation is 3. The average Bonchev–Trinajstić information content (AvgIpc) is 3.23. The molecular weight excluding hydrogens is 432 g/mol. The van der Waals surface area contributed by atoms with Crippen molar-refractivity contribution in [1.82, 2.24) is 5.32 Å². The molecule has 0 aliphatic carbocycles. The normalized spacial score (nSPS) is 11.3. The van der Waals surface area contributed by atoms with Crippen molar-refractivity contribution in [2.75, 3.05) is 17.0 Å². The molecule has 2 aromatic carbocycles. The number of amides is 1. The highest BCUT2D eigenvalue weighted by Crippen LogP contribution is 2.23. The summed E-state index contributed by atoms with van der Waals surface area (Å²) in [7, 11) is -3.83. The standard InChI is InChI=1S/C23H26N2O4S2/c1-16-6-9-21(18(3)13-16)25-31(27,28)22-14-19(8-7-17(22)2)23(26)24-10-12-30-15-20-5-4-11-29-20/h4-9,11,13-14,25H,10,12,15H2,1-3H3,(H,24,26). The number of hydrogen-bond acceptors (Lipinski definition) is 5. The molecule has 0 aliphatic heterocycles. The van der Waals surface area contributed by atoms with Crippen LogP contribution in [0.3, 0.4) is 0 Å². The smallest absolute Gasteiger partial charge is 0.262 e. The number of hydrogen-bond donors (Lipinski definition) is 2. The van der Waals surface area contributed by atoms with Crippen LogP contribution in [0.25, 0.3) is 0 Å². The van der Waals surface area contributed by atoms with Crippen molar-refractivity contribution in [2.24, 2.45) is 0 Å². The minimum absolute atomic E-state index is 0.0901. The SMILES string of the molecule is Cc1ccc(NS(=O)(=O)c2cc(C(=O)NCCSCc3ccco3)ccc2C)c(C)c1. The molecule has 1 aromatic heterocycles. The molecule has 0 atom stereocenters. The van der Waals surface area contributed by atoms with Gasteiger partial charge >= 0.3 is 0 Å². The Bertz CT molecular complexity index is 1160. The van der Waals surface area contributed by atoms with E-state index in [-0.39, 0.29) is 10.8 Å². The van der Waals surface area contributed by atoms with Gasteiger partial charge in [0.05, 0.1) is 22.6 Å². The van der Waals surface area contributed by atoms with Gasteiger partial charge in [-0.3, -0.25) is 9.52 Å². The molecule has 0 fully saturated rings. The van der Waals surface area contributed by atoms with Gasteiger partial charge < -0.3 is 9.73 Å². The molecule has 2 N–H and O–H groups in total. The Morgan fingerprint density at radius 3 is 2.55 bits per heavy atom. The molecule has 1 heterocycles. The van der Waals surface area contributed by atoms with Crippen LogP contribution in [-0.2, 0) is 15.8 Å². The fourth-order valence-electron chi connectivity index (χ4n) is 3.06. The Labute approximate surface area is 187 Å². The van der Waals surface area contributed by atoms with Crippen LogP contribution in [0.1, 0.15) is 32.8 Å². The van der Waals surface area contributed by atoms with Crippen molar-refractivity contribution >= 4 is 33.4 Å². The third kappa shape index (κ3) is 6.15. The van der Waals surface area contributed by atoms with Gasteiger partial charge in [0.25, 0.3) is 15.9 Å². The predicted molar refractivity (Wildman–Crippen MR) is 125 cm³/mol. The number of anilines is 1. The van der Waals surface area contributed by atoms with Crippen LogP contribution in [0.15, 0.2) is 64.1 Å². The van der Waals surface area contributed by atoms with Crippen molar-refractivity contribution in [2.45, 2.75) is 31.4 Å². The first-order valence-corrected chi connectivity index (χ1v) is 12.5. The summed E-state index contributed by atoms with van der Waals surface area (Å²) in [4.78, 5) is 12.6. The Morgan fingerprint density at radius 2 is 1.84 bits per heavy atom. The maximum Gasteiger partial charge on any atom is 0.262 e. The van der Waals surface area contributed by atoms with E-state index < -0.39 is 10.0 Å². The number of carbonyl (C=O) groups is 1. The lowest BCUT2D eigenvalue weighted by Gasteiger charge is -2.14. The summed E-state index contributed by atoms with van der Waals surface area (Å²) in [5, 5.41) is 2.84. The summed E-state index contributed by atoms with van der Waals surface area (Å²) in [5.41, 5.74) is 3.29. The molecule has 164 valence electrons. The summed E-state index contributed by atoms with van der Waals surface area (Å²) in [6, 6.07) is 14.0. The lowest BCUT2D eigenvalue weighted by Crippen LogP contribution is -2.26. The maximum atomic E-state index is 13.0. The number of thioether (sulfide) groups is 1. The Hall–Kier alpha value is -2.71. The van der Waals surface area contributed by atoms with Crippen LogP contribution in [0.2, 0.25) is 0 Å². The minimum Gasteiger partial charge on any atom is -0.468 e. The van der Waals surface area contributed by atoms with E-state index >= 15 is 0 Å². The second-order valence-corrected chi connectivity index (χ2v) is 10.0. The number of rotatable bonds is 9. The van der Waals surface area contributed by atoms with Crippen molar-refractivity contribution in [3.05, 3.63) is 82.8 Å². The predicted octanol–water partition coefficient (Wildman–Crippen LogP) is 4.67. The highest BCUT2D eigenvalue weighted by atomic mass is 32.2. The van der Waals surface area contributed by atoms with Gasteiger partial charge in [-0.2, -0.15) is 11.8 Å². The zero-order valence-corrected chi connectivity index (χ0v) is 19.4. The van der Waals surface area contributed by atoms with Crippen LogP contribution >= 0.6 is 11.8 Å². The zero-order chi connectivity index (χ0) is 22.4. The summed E-state index contributed by atoms with van der Waals surface area (Å²) >= 11 is 1.65. The highest BCUT2D eigenvalue weighted by molar-refractivity contribution is 7.98. The summed E-state index contributed by atoms with van der Waals surface area (Å²) in [5.74, 6) is 2.04. The molecule has 0 spiro atoms. The number of sulfonamides is 1. The van der Waals surface area contributed by atoms with Crippen molar-refractivity contribution in [3.63, 3.8) is 0 Å². The molecule has 0 radical (unpaired) electrons. The lowest BCUT2D eigenvalue weighted by atomic mass is 10.1. The highest BCUT2D eigenvalue weighted by Gasteiger charge is 2.20. The van der Waals surface area contributed by atoms with Crippen molar-refractivity contribution in [3.8, 4) is 0 Å². The van der Waals surface area contributed by atoms with Gasteiger partial charge in [-0.1, -0.05) is 23.8 Å². The van der Waals surface area contributed by atoms with E-state index in [2.05, 4.69) is 10.0 Å². The van der Waals surface area contributed by atoms with E-state index in [1.807, 2.05) is 38.1 Å². The van der Waals surface area contributed by atoms with Gasteiger partial charge in [0.2, 0.25) is 0 Å². The van der Waals surface area contributed by atoms with Crippen LogP contribution in [0, 0.1) is 20.8 Å². The number of carbonyl (C=O) groups excluding carboxylic acids is 1. The van der Waals surface area contributed by atoms with Gasteiger partial charge in [0.15, 0.2) is 0 Å². The lowest BCUT2D eigenvalue weighted by molar-refractivity contribution is 0.0956. The van der Waals surface area contributed by atoms with Gasteiger partial charge in [-0.15, -0.1) is 0 Å². The Morgan fingerprint density at radius 1 is 1.03 bits per heavy atom. The monoisotopic (exact) mass is 458 g/mol. The second-order valence-electron chi connectivity index (χ2n) is 7.29. The quantitative estimate of drug-likeness (QED) is 0.455. The molecule has 3 aromatic rings. The molecule has 0 aliphatic rings. The van der Waals surface area contributed by atoms with Crippen LogP contribution in [0.4, 0.5) is 5.69 Å². The minimum atomic E-state index is -3.83. The molecule has 6 nitrogen and oxygen atoms in total. The van der Waals surface area contributed by atoms with E-state index in [0.29, 0.717) is 23.4 Å². The fraction of sp³-hybridized carbons (Fsp3) is 0.261. The number of benzene rings is 2. The van der Waals surface area contributed by atoms with E-state index in [1.54, 1.807) is 43.1 Å². The summed E-state index contributed by atoms with van der Waals surface area (Å²) in [6.45, 7) is 5.99. The first-order chi connectivity index (χ1) is 14.8. The molecular formula is C23H26N2O4S2. The Kier molecular flexibility index (Phi) is 7.46. The molecule has 0 bridgehead atoms. The molecule has 8 heteroatoms. The fourth-order valence-corrected chi connectivity index (χ4v) is 5.22. The van der Waals surface area contributed by atoms with Crippen molar-refractivity contribution < 1.29 is 17.6 Å². The van der Waals surface area contributed by atoms with E-state index in [1.165, 1.54) is 6.07 Å². The third-order valence-electron chi connectivity index (χ3n) is 4.72. The first-order valence-electron chi connectivity index (χ1n) is 9.85. The largest absolute Gasteiger partial charge is 0.468 e. The first kappa shape index (κ1) is 23.0. The summed E-state index contributed by atoms with van der Waals surface area (Å²) < 4.78 is 33.9. The van der Waals surface area contributed by atoms with E-state index in [0.717, 1.165) is 28.4 Å². The average molecular weight is 459 g/mol. The summed E-state index contributed by atoms with van der Waals surface area (Å²) in [6.07, 6.45) is 1.63. The molecule has 0 saturated carbocycles. The Balaban J connectivity index is 1.65. The van der Waals surface area contributed by atoms with E-state index in [4.69, 9.17) is 4.42 Å². The number of nitrogens with one attached hydrogen (secondary N) is 2. The third-order valence-corrected chi connectivity index (χ3v) is 7.21. The molecule has 1 amide bonds. The maximum absolute atomic E-state index is 13.0. The van der Waals surface area contributed by atoms with Gasteiger partial charge in [-0.25, -0.2) is 8.42 Å². The van der Waals surface area contributed by atoms with Gasteiger partial charge in [0.1, 0.15) is 5.76 Å². The van der Waals surface area contributed by atoms with Crippen LogP contribution in [-0.4, -0.2) is 26.6 Å². The van der Waals surface area contributed by atoms with Crippen molar-refractivity contribution in [1.29, 1.82) is 0 Å².